The number of carbonyl (C=O) groups excluding carboxylic acids is 6. The van der Waals surface area contributed by atoms with Crippen LogP contribution < -0.4 is 9.47 Å². The Morgan fingerprint density at radius 2 is 1.10 bits per heavy atom. The minimum Gasteiger partial charge on any atom is -0.494 e. The Balaban J connectivity index is 1.20. The van der Waals surface area contributed by atoms with Crippen LogP contribution in [0, 0.1) is 5.92 Å². The van der Waals surface area contributed by atoms with Crippen LogP contribution in [-0.4, -0.2) is 93.6 Å². The Kier molecular flexibility index (Phi) is 18.1. The number of ketones is 1. The molecule has 4 aromatic rings. The highest BCUT2D eigenvalue weighted by Gasteiger charge is 2.52. The predicted molar refractivity (Wildman–Crippen MR) is 234 cm³/mol. The number of rotatable bonds is 27. The molecule has 0 saturated carbocycles. The molecule has 0 unspecified atom stereocenters. The SMILES string of the molecule is C=CC(=O)OCCCCCCOc1ccc2cc(C(=O)O[C@H]3C(=O)N(COCOC)C(=O)[C@@H]3C(=C)C(=O)c3ccc4cc(OCCCCCCOC(=O)C=C)ccc4c3)ccc2c1. The van der Waals surface area contributed by atoms with E-state index in [0.29, 0.717) is 43.3 Å². The molecule has 0 spiro atoms. The zero-order valence-corrected chi connectivity index (χ0v) is 35.5. The molecule has 1 aliphatic heterocycles. The van der Waals surface area contributed by atoms with Gasteiger partial charge in [0.2, 0.25) is 5.91 Å². The van der Waals surface area contributed by atoms with Crippen LogP contribution in [0.25, 0.3) is 21.5 Å². The number of imide groups is 1. The Bertz CT molecular complexity index is 2320. The molecule has 14 nitrogen and oxygen atoms in total. The Hall–Kier alpha value is -6.64. The standard InChI is InChI=1S/C49H53NO13/c1-5-42(51)61-25-13-9-7-11-23-59-40-21-19-34-27-38(17-15-36(34)29-40)45(53)33(3)44-46(48(55)50(47(44)54)31-58-32-57-4)63-49(56)39-18-16-37-30-41(22-20-35(37)28-39)60-24-12-8-10-14-26-62-43(52)6-2/h5-6,15-22,27-30,44,46H,1-3,7-14,23-26,31-32H2,4H3/t44-,46-/m1/s1. The summed E-state index contributed by atoms with van der Waals surface area (Å²) in [4.78, 5) is 78.1. The van der Waals surface area contributed by atoms with E-state index >= 15 is 0 Å². The number of unbranched alkanes of at least 4 members (excludes halogenated alkanes) is 6. The molecular weight excluding hydrogens is 811 g/mol. The number of nitrogens with zero attached hydrogens (tertiary/aromatic N) is 1. The van der Waals surface area contributed by atoms with E-state index < -0.39 is 54.3 Å². The maximum Gasteiger partial charge on any atom is 0.338 e. The molecule has 332 valence electrons. The Morgan fingerprint density at radius 1 is 0.619 bits per heavy atom. The van der Waals surface area contributed by atoms with Crippen LogP contribution in [0.2, 0.25) is 0 Å². The molecule has 1 heterocycles. The van der Waals surface area contributed by atoms with Crippen molar-refractivity contribution in [1.29, 1.82) is 0 Å². The molecule has 14 heteroatoms. The molecule has 0 N–H and O–H groups in total. The molecule has 1 fully saturated rings. The summed E-state index contributed by atoms with van der Waals surface area (Å²) in [6, 6.07) is 20.8. The van der Waals surface area contributed by atoms with Crippen molar-refractivity contribution in [3.8, 4) is 11.5 Å². The largest absolute Gasteiger partial charge is 0.494 e. The summed E-state index contributed by atoms with van der Waals surface area (Å²) in [5, 5.41) is 3.05. The maximum absolute atomic E-state index is 14.0. The second-order valence-corrected chi connectivity index (χ2v) is 14.7. The van der Waals surface area contributed by atoms with Crippen molar-refractivity contribution in [2.45, 2.75) is 57.5 Å². The lowest BCUT2D eigenvalue weighted by molar-refractivity contribution is -0.152. The molecule has 4 aromatic carbocycles. The van der Waals surface area contributed by atoms with Crippen molar-refractivity contribution in [3.05, 3.63) is 121 Å². The highest BCUT2D eigenvalue weighted by Crippen LogP contribution is 2.33. The Morgan fingerprint density at radius 3 is 1.62 bits per heavy atom. The fourth-order valence-corrected chi connectivity index (χ4v) is 6.86. The van der Waals surface area contributed by atoms with Gasteiger partial charge in [0.25, 0.3) is 5.91 Å². The van der Waals surface area contributed by atoms with E-state index in [0.717, 1.165) is 84.6 Å². The summed E-state index contributed by atoms with van der Waals surface area (Å²) in [7, 11) is 1.38. The van der Waals surface area contributed by atoms with E-state index in [4.69, 9.17) is 33.2 Å². The molecule has 63 heavy (non-hydrogen) atoms. The second kappa shape index (κ2) is 24.1. The molecule has 1 aliphatic rings. The van der Waals surface area contributed by atoms with E-state index in [2.05, 4.69) is 19.7 Å². The first-order valence-corrected chi connectivity index (χ1v) is 20.8. The van der Waals surface area contributed by atoms with Crippen molar-refractivity contribution in [3.63, 3.8) is 0 Å². The van der Waals surface area contributed by atoms with Crippen LogP contribution >= 0.6 is 0 Å². The van der Waals surface area contributed by atoms with E-state index in [1.54, 1.807) is 54.6 Å². The summed E-state index contributed by atoms with van der Waals surface area (Å²) < 4.78 is 37.8. The molecule has 2 amide bonds. The van der Waals surface area contributed by atoms with E-state index in [1.165, 1.54) is 7.11 Å². The zero-order valence-electron chi connectivity index (χ0n) is 35.5. The summed E-state index contributed by atoms with van der Waals surface area (Å²) >= 11 is 0. The number of amides is 2. The first kappa shape index (κ1) is 47.4. The number of benzene rings is 4. The predicted octanol–water partition coefficient (Wildman–Crippen LogP) is 7.86. The highest BCUT2D eigenvalue weighted by atomic mass is 16.7. The third-order valence-corrected chi connectivity index (χ3v) is 10.2. The molecule has 0 bridgehead atoms. The molecule has 1 saturated heterocycles. The monoisotopic (exact) mass is 863 g/mol. The van der Waals surface area contributed by atoms with Gasteiger partial charge in [-0.05, 0) is 115 Å². The lowest BCUT2D eigenvalue weighted by Crippen LogP contribution is -2.35. The van der Waals surface area contributed by atoms with Crippen LogP contribution in [0.15, 0.2) is 110 Å². The van der Waals surface area contributed by atoms with Gasteiger partial charge in [-0.25, -0.2) is 14.4 Å². The molecule has 0 aromatic heterocycles. The summed E-state index contributed by atoms with van der Waals surface area (Å²) in [6.45, 7) is 11.7. The molecule has 2 atom stereocenters. The number of carbonyl (C=O) groups is 6. The molecule has 0 radical (unpaired) electrons. The van der Waals surface area contributed by atoms with Crippen molar-refractivity contribution in [2.75, 3.05) is 47.1 Å². The fourth-order valence-electron chi connectivity index (χ4n) is 6.86. The second-order valence-electron chi connectivity index (χ2n) is 14.7. The zero-order chi connectivity index (χ0) is 45.1. The number of hydrogen-bond donors (Lipinski definition) is 0. The lowest BCUT2D eigenvalue weighted by atomic mass is 9.89. The van der Waals surface area contributed by atoms with Gasteiger partial charge in [-0.2, -0.15) is 0 Å². The van der Waals surface area contributed by atoms with Gasteiger partial charge >= 0.3 is 17.9 Å². The van der Waals surface area contributed by atoms with Crippen LogP contribution in [-0.2, 0) is 42.9 Å². The van der Waals surface area contributed by atoms with Crippen molar-refractivity contribution >= 4 is 57.1 Å². The number of ether oxygens (including phenoxy) is 7. The smallest absolute Gasteiger partial charge is 0.338 e. The average molecular weight is 864 g/mol. The van der Waals surface area contributed by atoms with Gasteiger partial charge in [0, 0.05) is 30.4 Å². The van der Waals surface area contributed by atoms with Crippen LogP contribution in [0.3, 0.4) is 0 Å². The number of fused-ring (bicyclic) bond motifs is 2. The normalized spacial score (nSPS) is 14.7. The summed E-state index contributed by atoms with van der Waals surface area (Å²) in [5.41, 5.74) is 0.126. The van der Waals surface area contributed by atoms with E-state index in [-0.39, 0.29) is 23.5 Å². The average Bonchev–Trinajstić information content (AvgIpc) is 3.53. The number of methoxy groups -OCH3 is 1. The third kappa shape index (κ3) is 13.4. The minimum absolute atomic E-state index is 0.126. The van der Waals surface area contributed by atoms with Crippen LogP contribution in [0.4, 0.5) is 0 Å². The van der Waals surface area contributed by atoms with Crippen LogP contribution in [0.1, 0.15) is 72.1 Å². The summed E-state index contributed by atoms with van der Waals surface area (Å²) in [6.07, 6.45) is 7.36. The third-order valence-electron chi connectivity index (χ3n) is 10.2. The number of hydrogen-bond acceptors (Lipinski definition) is 13. The topological polar surface area (TPSA) is 170 Å². The minimum atomic E-state index is -1.68. The van der Waals surface area contributed by atoms with Crippen molar-refractivity contribution < 1.29 is 61.9 Å². The molecule has 0 aliphatic carbocycles. The number of likely N-dealkylation sites (tertiary alicyclic amines) is 1. The van der Waals surface area contributed by atoms with Gasteiger partial charge < -0.3 is 33.2 Å². The van der Waals surface area contributed by atoms with E-state index in [1.807, 2.05) is 18.2 Å². The summed E-state index contributed by atoms with van der Waals surface area (Å²) in [5.74, 6) is -4.18. The quantitative estimate of drug-likeness (QED) is 0.0108. The van der Waals surface area contributed by atoms with Gasteiger partial charge in [-0.1, -0.05) is 50.1 Å². The highest BCUT2D eigenvalue weighted by molar-refractivity contribution is 6.18. The van der Waals surface area contributed by atoms with Gasteiger partial charge in [-0.3, -0.25) is 19.3 Å². The van der Waals surface area contributed by atoms with E-state index in [9.17, 15) is 28.8 Å². The lowest BCUT2D eigenvalue weighted by Gasteiger charge is -2.18. The van der Waals surface area contributed by atoms with Crippen molar-refractivity contribution in [2.24, 2.45) is 5.92 Å². The number of Topliss-reactive ketones (excluding diaryl/α,β-unsaturated/α-hetero) is 1. The van der Waals surface area contributed by atoms with Crippen molar-refractivity contribution in [1.82, 2.24) is 4.90 Å². The van der Waals surface area contributed by atoms with Gasteiger partial charge in [0.05, 0.1) is 32.0 Å². The first-order chi connectivity index (χ1) is 30.5. The van der Waals surface area contributed by atoms with Gasteiger partial charge in [0.15, 0.2) is 11.9 Å². The van der Waals surface area contributed by atoms with Gasteiger partial charge in [0.1, 0.15) is 30.9 Å². The first-order valence-electron chi connectivity index (χ1n) is 20.8. The fraction of sp³-hybridized carbons (Fsp3) is 0.347. The molecular formula is C49H53NO13. The number of esters is 3. The van der Waals surface area contributed by atoms with Gasteiger partial charge in [-0.15, -0.1) is 0 Å². The molecule has 5 rings (SSSR count). The Labute approximate surface area is 366 Å². The van der Waals surface area contributed by atoms with Crippen LogP contribution in [0.5, 0.6) is 11.5 Å². The maximum atomic E-state index is 14.0.